The first kappa shape index (κ1) is 22.7. The van der Waals surface area contributed by atoms with Crippen molar-refractivity contribution in [2.24, 2.45) is 0 Å². The summed E-state index contributed by atoms with van der Waals surface area (Å²) < 4.78 is 7.86. The molecule has 1 amide bonds. The summed E-state index contributed by atoms with van der Waals surface area (Å²) in [5.74, 6) is -0.0459. The molecule has 174 valence electrons. The van der Waals surface area contributed by atoms with Gasteiger partial charge in [0.1, 0.15) is 11.1 Å². The van der Waals surface area contributed by atoms with Crippen molar-refractivity contribution in [3.8, 4) is 0 Å². The highest BCUT2D eigenvalue weighted by Crippen LogP contribution is 2.35. The maximum Gasteiger partial charge on any atom is 0.258 e. The van der Waals surface area contributed by atoms with E-state index in [1.165, 1.54) is 0 Å². The van der Waals surface area contributed by atoms with Crippen molar-refractivity contribution in [1.82, 2.24) is 9.88 Å². The van der Waals surface area contributed by atoms with Crippen LogP contribution in [0.4, 0.5) is 5.69 Å². The van der Waals surface area contributed by atoms with Crippen molar-refractivity contribution >= 4 is 33.1 Å². The van der Waals surface area contributed by atoms with Crippen LogP contribution in [0.3, 0.4) is 0 Å². The van der Waals surface area contributed by atoms with Gasteiger partial charge < -0.3 is 14.5 Å². The Morgan fingerprint density at radius 3 is 2.53 bits per heavy atom. The third-order valence-electron chi connectivity index (χ3n) is 6.41. The fourth-order valence-electron chi connectivity index (χ4n) is 4.39. The summed E-state index contributed by atoms with van der Waals surface area (Å²) in [6.45, 7) is 2.05. The summed E-state index contributed by atoms with van der Waals surface area (Å²) in [7, 11) is 3.96. The molecule has 3 aromatic carbocycles. The van der Waals surface area contributed by atoms with E-state index in [2.05, 4.69) is 18.0 Å². The molecular formula is C28H29N3O2S. The summed E-state index contributed by atoms with van der Waals surface area (Å²) in [6.07, 6.45) is 1.85. The molecular weight excluding hydrogens is 442 g/mol. The summed E-state index contributed by atoms with van der Waals surface area (Å²) in [6, 6.07) is 25.7. The molecule has 0 N–H and O–H groups in total. The first-order valence-corrected chi connectivity index (χ1v) is 12.5. The lowest BCUT2D eigenvalue weighted by Crippen LogP contribution is -2.35. The molecule has 0 radical (unpaired) electrons. The zero-order chi connectivity index (χ0) is 23.5. The van der Waals surface area contributed by atoms with Gasteiger partial charge in [0.15, 0.2) is 0 Å². The smallest absolute Gasteiger partial charge is 0.258 e. The molecule has 0 saturated carbocycles. The molecule has 1 aliphatic rings. The normalized spacial score (nSPS) is 15.9. The van der Waals surface area contributed by atoms with Crippen molar-refractivity contribution in [2.45, 2.75) is 25.0 Å². The highest BCUT2D eigenvalue weighted by molar-refractivity contribution is 7.18. The van der Waals surface area contributed by atoms with Crippen molar-refractivity contribution in [2.75, 3.05) is 32.1 Å². The molecule has 0 spiro atoms. The number of aromatic nitrogens is 1. The van der Waals surface area contributed by atoms with Gasteiger partial charge in [0.2, 0.25) is 0 Å². The highest BCUT2D eigenvalue weighted by Gasteiger charge is 2.27. The number of piperidine rings is 1. The number of ether oxygens (including phenoxy) is 1. The number of carbonyl (C=O) groups is 1. The average molecular weight is 472 g/mol. The summed E-state index contributed by atoms with van der Waals surface area (Å²) in [5, 5.41) is 0.932. The quantitative estimate of drug-likeness (QED) is 0.358. The fourth-order valence-corrected chi connectivity index (χ4v) is 5.43. The van der Waals surface area contributed by atoms with Gasteiger partial charge in [-0.05, 0) is 61.9 Å². The van der Waals surface area contributed by atoms with Crippen LogP contribution in [0, 0.1) is 0 Å². The molecule has 2 heterocycles. The number of para-hydroxylation sites is 2. The minimum atomic E-state index is -0.305. The molecule has 1 aromatic heterocycles. The van der Waals surface area contributed by atoms with E-state index in [1.807, 2.05) is 79.8 Å². The lowest BCUT2D eigenvalue weighted by molar-refractivity contribution is -0.0234. The molecule has 34 heavy (non-hydrogen) atoms. The second-order valence-electron chi connectivity index (χ2n) is 8.86. The number of hydrogen-bond donors (Lipinski definition) is 0. The fraction of sp³-hybridized carbons (Fsp3) is 0.286. The number of likely N-dealkylation sites (tertiary alicyclic amines) is 1. The molecule has 1 saturated heterocycles. The van der Waals surface area contributed by atoms with E-state index < -0.39 is 0 Å². The van der Waals surface area contributed by atoms with E-state index in [-0.39, 0.29) is 18.1 Å². The van der Waals surface area contributed by atoms with Crippen LogP contribution in [-0.4, -0.2) is 49.1 Å². The Morgan fingerprint density at radius 2 is 1.76 bits per heavy atom. The minimum absolute atomic E-state index is 0.0459. The third kappa shape index (κ3) is 4.89. The lowest BCUT2D eigenvalue weighted by atomic mass is 10.0. The highest BCUT2D eigenvalue weighted by atomic mass is 32.1. The van der Waals surface area contributed by atoms with E-state index in [9.17, 15) is 4.79 Å². The Balaban J connectivity index is 1.47. The molecule has 4 aromatic rings. The maximum atomic E-state index is 13.3. The Labute approximate surface area is 204 Å². The summed E-state index contributed by atoms with van der Waals surface area (Å²) in [4.78, 5) is 22.2. The van der Waals surface area contributed by atoms with Crippen molar-refractivity contribution in [3.05, 3.63) is 95.0 Å². The summed E-state index contributed by atoms with van der Waals surface area (Å²) in [5.41, 5.74) is 3.45. The van der Waals surface area contributed by atoms with Gasteiger partial charge in [-0.15, -0.1) is 11.3 Å². The number of hydrogen-bond acceptors (Lipinski definition) is 5. The minimum Gasteiger partial charge on any atom is -0.363 e. The van der Waals surface area contributed by atoms with Gasteiger partial charge >= 0.3 is 0 Å². The SMILES string of the molecule is CN1CCC(OC(c2cccc(C(=O)N(C)c3ccccc3)c2)c2nc3ccccc3s2)CC1. The van der Waals surface area contributed by atoms with Crippen molar-refractivity contribution in [1.29, 1.82) is 0 Å². The van der Waals surface area contributed by atoms with E-state index in [4.69, 9.17) is 9.72 Å². The van der Waals surface area contributed by atoms with Crippen LogP contribution in [0.2, 0.25) is 0 Å². The number of carbonyl (C=O) groups excluding carboxylic acids is 1. The Kier molecular flexibility index (Phi) is 6.72. The number of benzene rings is 3. The molecule has 1 unspecified atom stereocenters. The molecule has 6 heteroatoms. The largest absolute Gasteiger partial charge is 0.363 e. The first-order valence-electron chi connectivity index (χ1n) is 11.7. The molecule has 0 aliphatic carbocycles. The second-order valence-corrected chi connectivity index (χ2v) is 9.93. The van der Waals surface area contributed by atoms with Gasteiger partial charge in [0, 0.05) is 31.4 Å². The zero-order valence-electron chi connectivity index (χ0n) is 19.6. The molecule has 1 fully saturated rings. The second kappa shape index (κ2) is 10.1. The average Bonchev–Trinajstić information content (AvgIpc) is 3.32. The van der Waals surface area contributed by atoms with Crippen LogP contribution in [0.1, 0.15) is 39.9 Å². The van der Waals surface area contributed by atoms with Gasteiger partial charge in [0.25, 0.3) is 5.91 Å². The van der Waals surface area contributed by atoms with Gasteiger partial charge in [-0.1, -0.05) is 42.5 Å². The van der Waals surface area contributed by atoms with Crippen molar-refractivity contribution < 1.29 is 9.53 Å². The Bertz CT molecular complexity index is 1230. The predicted octanol–water partition coefficient (Wildman–Crippen LogP) is 5.77. The monoisotopic (exact) mass is 471 g/mol. The number of fused-ring (bicyclic) bond motifs is 1. The van der Waals surface area contributed by atoms with Gasteiger partial charge in [-0.3, -0.25) is 4.79 Å². The Morgan fingerprint density at radius 1 is 1.03 bits per heavy atom. The van der Waals surface area contributed by atoms with E-state index >= 15 is 0 Å². The number of nitrogens with zero attached hydrogens (tertiary/aromatic N) is 3. The van der Waals surface area contributed by atoms with Crippen LogP contribution in [0.15, 0.2) is 78.9 Å². The molecule has 1 aliphatic heterocycles. The van der Waals surface area contributed by atoms with Crippen LogP contribution in [0.25, 0.3) is 10.2 Å². The third-order valence-corrected chi connectivity index (χ3v) is 7.49. The topological polar surface area (TPSA) is 45.7 Å². The molecule has 5 nitrogen and oxygen atoms in total. The number of amides is 1. The van der Waals surface area contributed by atoms with Crippen LogP contribution < -0.4 is 4.90 Å². The van der Waals surface area contributed by atoms with Crippen LogP contribution in [0.5, 0.6) is 0 Å². The lowest BCUT2D eigenvalue weighted by Gasteiger charge is -2.31. The van der Waals surface area contributed by atoms with E-state index in [0.717, 1.165) is 52.4 Å². The van der Waals surface area contributed by atoms with Crippen LogP contribution >= 0.6 is 11.3 Å². The van der Waals surface area contributed by atoms with Gasteiger partial charge in [-0.2, -0.15) is 0 Å². The number of anilines is 1. The van der Waals surface area contributed by atoms with Gasteiger partial charge in [-0.25, -0.2) is 4.98 Å². The van der Waals surface area contributed by atoms with E-state index in [0.29, 0.717) is 5.56 Å². The molecule has 0 bridgehead atoms. The first-order chi connectivity index (χ1) is 16.6. The van der Waals surface area contributed by atoms with E-state index in [1.54, 1.807) is 16.2 Å². The Hall–Kier alpha value is -3.06. The maximum absolute atomic E-state index is 13.3. The standard InChI is InChI=1S/C28H29N3O2S/c1-30-17-15-23(16-18-30)33-26(27-29-24-13-6-7-14-25(24)34-27)20-9-8-10-21(19-20)28(32)31(2)22-11-4-3-5-12-22/h3-14,19,23,26H,15-18H2,1-2H3. The van der Waals surface area contributed by atoms with Crippen LogP contribution in [-0.2, 0) is 4.74 Å². The molecule has 5 rings (SSSR count). The molecule has 1 atom stereocenters. The summed E-state index contributed by atoms with van der Waals surface area (Å²) >= 11 is 1.66. The van der Waals surface area contributed by atoms with Gasteiger partial charge in [0.05, 0.1) is 16.3 Å². The van der Waals surface area contributed by atoms with Crippen molar-refractivity contribution in [3.63, 3.8) is 0 Å². The number of rotatable bonds is 6. The zero-order valence-corrected chi connectivity index (χ0v) is 20.4. The number of thiazole rings is 1. The predicted molar refractivity (Wildman–Crippen MR) is 139 cm³/mol.